The van der Waals surface area contributed by atoms with Crippen molar-refractivity contribution in [1.82, 2.24) is 0 Å². The molecular formula is C15H28. The van der Waals surface area contributed by atoms with E-state index in [-0.39, 0.29) is 0 Å². The van der Waals surface area contributed by atoms with Crippen molar-refractivity contribution in [3.05, 3.63) is 24.3 Å². The van der Waals surface area contributed by atoms with Crippen LogP contribution in [0.3, 0.4) is 0 Å². The van der Waals surface area contributed by atoms with Crippen LogP contribution in [0.2, 0.25) is 0 Å². The molecule has 0 heteroatoms. The molecule has 88 valence electrons. The van der Waals surface area contributed by atoms with Crippen LogP contribution in [0.5, 0.6) is 0 Å². The first-order valence-electron chi connectivity index (χ1n) is 6.68. The maximum atomic E-state index is 2.33. The molecule has 0 heterocycles. The Hall–Kier alpha value is -0.520. The average molecular weight is 208 g/mol. The third-order valence-corrected chi connectivity index (χ3v) is 2.63. The highest BCUT2D eigenvalue weighted by Gasteiger charge is 1.89. The molecule has 0 saturated heterocycles. The third kappa shape index (κ3) is 13.5. The first kappa shape index (κ1) is 14.5. The second-order valence-electron chi connectivity index (χ2n) is 4.15. The van der Waals surface area contributed by atoms with Crippen molar-refractivity contribution in [1.29, 1.82) is 0 Å². The van der Waals surface area contributed by atoms with Gasteiger partial charge in [0.15, 0.2) is 0 Å². The molecule has 0 aliphatic carbocycles. The van der Waals surface area contributed by atoms with E-state index in [0.717, 1.165) is 0 Å². The fraction of sp³-hybridized carbons (Fsp3) is 0.733. The molecule has 0 aromatic rings. The van der Waals surface area contributed by atoms with Crippen molar-refractivity contribution in [3.63, 3.8) is 0 Å². The van der Waals surface area contributed by atoms with Crippen LogP contribution in [0, 0.1) is 0 Å². The monoisotopic (exact) mass is 208 g/mol. The van der Waals surface area contributed by atoms with Gasteiger partial charge < -0.3 is 0 Å². The largest absolute Gasteiger partial charge is 0.0917 e. The maximum absolute atomic E-state index is 2.33. The summed E-state index contributed by atoms with van der Waals surface area (Å²) in [5, 5.41) is 0. The maximum Gasteiger partial charge on any atom is -0.0351 e. The quantitative estimate of drug-likeness (QED) is 0.321. The number of unbranched alkanes of at least 4 members (excludes halogenated alkanes) is 7. The Bertz CT molecular complexity index is 153. The Morgan fingerprint density at radius 1 is 0.667 bits per heavy atom. The summed E-state index contributed by atoms with van der Waals surface area (Å²) in [4.78, 5) is 0. The Balaban J connectivity index is 2.95. The van der Waals surface area contributed by atoms with E-state index in [9.17, 15) is 0 Å². The summed E-state index contributed by atoms with van der Waals surface area (Å²) < 4.78 is 0. The van der Waals surface area contributed by atoms with Crippen molar-refractivity contribution in [3.8, 4) is 0 Å². The van der Waals surface area contributed by atoms with E-state index in [1.54, 1.807) is 0 Å². The third-order valence-electron chi connectivity index (χ3n) is 2.63. The Kier molecular flexibility index (Phi) is 13.0. The van der Waals surface area contributed by atoms with Gasteiger partial charge in [-0.1, -0.05) is 56.9 Å². The van der Waals surface area contributed by atoms with Crippen LogP contribution < -0.4 is 0 Å². The van der Waals surface area contributed by atoms with Crippen LogP contribution in [0.1, 0.15) is 71.6 Å². The van der Waals surface area contributed by atoms with Crippen LogP contribution in [0.15, 0.2) is 24.3 Å². The molecule has 0 radical (unpaired) electrons. The van der Waals surface area contributed by atoms with E-state index in [0.29, 0.717) is 0 Å². The second kappa shape index (κ2) is 13.5. The summed E-state index contributed by atoms with van der Waals surface area (Å²) in [6.07, 6.45) is 21.2. The van der Waals surface area contributed by atoms with E-state index < -0.39 is 0 Å². The van der Waals surface area contributed by atoms with Gasteiger partial charge in [0.1, 0.15) is 0 Å². The van der Waals surface area contributed by atoms with Gasteiger partial charge in [-0.25, -0.2) is 0 Å². The van der Waals surface area contributed by atoms with Gasteiger partial charge in [0, 0.05) is 0 Å². The standard InChI is InChI=1S/C15H28/c1-3-5-7-9-11-13-15-14-12-10-8-6-4-2/h3,5-6,8H,4,7,9-15H2,1-2H3. The summed E-state index contributed by atoms with van der Waals surface area (Å²) in [6, 6.07) is 0. The molecule has 0 aliphatic heterocycles. The van der Waals surface area contributed by atoms with Crippen LogP contribution in [0.4, 0.5) is 0 Å². The highest BCUT2D eigenvalue weighted by molar-refractivity contribution is 4.79. The van der Waals surface area contributed by atoms with Crippen molar-refractivity contribution >= 4 is 0 Å². The molecule has 0 bridgehead atoms. The molecule has 0 nitrogen and oxygen atoms in total. The summed E-state index contributed by atoms with van der Waals surface area (Å²) >= 11 is 0. The molecule has 0 amide bonds. The molecule has 0 aliphatic rings. The zero-order valence-corrected chi connectivity index (χ0v) is 10.7. The topological polar surface area (TPSA) is 0 Å². The molecule has 0 aromatic heterocycles. The summed E-state index contributed by atoms with van der Waals surface area (Å²) in [5.74, 6) is 0. The molecule has 0 rings (SSSR count). The summed E-state index contributed by atoms with van der Waals surface area (Å²) in [6.45, 7) is 4.30. The zero-order chi connectivity index (χ0) is 11.2. The van der Waals surface area contributed by atoms with Crippen molar-refractivity contribution in [2.75, 3.05) is 0 Å². The lowest BCUT2D eigenvalue weighted by Crippen LogP contribution is -1.79. The van der Waals surface area contributed by atoms with Crippen molar-refractivity contribution in [2.24, 2.45) is 0 Å². The van der Waals surface area contributed by atoms with E-state index in [4.69, 9.17) is 0 Å². The molecule has 0 aromatic carbocycles. The minimum atomic E-state index is 1.19. The molecule has 0 fully saturated rings. The smallest absolute Gasteiger partial charge is 0.0351 e. The van der Waals surface area contributed by atoms with Crippen molar-refractivity contribution < 1.29 is 0 Å². The second-order valence-corrected chi connectivity index (χ2v) is 4.15. The normalized spacial score (nSPS) is 11.9. The van der Waals surface area contributed by atoms with Gasteiger partial charge in [-0.2, -0.15) is 0 Å². The highest BCUT2D eigenvalue weighted by Crippen LogP contribution is 2.09. The van der Waals surface area contributed by atoms with E-state index in [1.807, 2.05) is 0 Å². The lowest BCUT2D eigenvalue weighted by Gasteiger charge is -1.99. The number of hydrogen-bond acceptors (Lipinski definition) is 0. The fourth-order valence-corrected chi connectivity index (χ4v) is 1.68. The minimum absolute atomic E-state index is 1.19. The predicted octanol–water partition coefficient (Wildman–Crippen LogP) is 5.65. The zero-order valence-electron chi connectivity index (χ0n) is 10.7. The number of hydrogen-bond donors (Lipinski definition) is 0. The SMILES string of the molecule is CC=CCCCCCCCCC=CCC. The van der Waals surface area contributed by atoms with Crippen LogP contribution >= 0.6 is 0 Å². The van der Waals surface area contributed by atoms with Gasteiger partial charge >= 0.3 is 0 Å². The Labute approximate surface area is 96.5 Å². The Morgan fingerprint density at radius 3 is 1.73 bits per heavy atom. The van der Waals surface area contributed by atoms with E-state index in [2.05, 4.69) is 38.2 Å². The lowest BCUT2D eigenvalue weighted by molar-refractivity contribution is 0.600. The Morgan fingerprint density at radius 2 is 1.20 bits per heavy atom. The minimum Gasteiger partial charge on any atom is -0.0917 e. The molecule has 0 saturated carbocycles. The van der Waals surface area contributed by atoms with Crippen LogP contribution in [0.25, 0.3) is 0 Å². The van der Waals surface area contributed by atoms with Gasteiger partial charge in [0.05, 0.1) is 0 Å². The van der Waals surface area contributed by atoms with E-state index >= 15 is 0 Å². The van der Waals surface area contributed by atoms with Crippen LogP contribution in [-0.2, 0) is 0 Å². The van der Waals surface area contributed by atoms with Gasteiger partial charge in [-0.3, -0.25) is 0 Å². The van der Waals surface area contributed by atoms with Crippen LogP contribution in [-0.4, -0.2) is 0 Å². The predicted molar refractivity (Wildman–Crippen MR) is 71.2 cm³/mol. The molecule has 0 unspecified atom stereocenters. The summed E-state index contributed by atoms with van der Waals surface area (Å²) in [5.41, 5.74) is 0. The van der Waals surface area contributed by atoms with Gasteiger partial charge in [0.25, 0.3) is 0 Å². The fourth-order valence-electron chi connectivity index (χ4n) is 1.68. The lowest BCUT2D eigenvalue weighted by atomic mass is 10.1. The van der Waals surface area contributed by atoms with Crippen molar-refractivity contribution in [2.45, 2.75) is 71.6 Å². The molecule has 0 N–H and O–H groups in total. The van der Waals surface area contributed by atoms with Gasteiger partial charge in [-0.05, 0) is 39.0 Å². The molecular weight excluding hydrogens is 180 g/mol. The molecule has 0 atom stereocenters. The first-order valence-corrected chi connectivity index (χ1v) is 6.68. The molecule has 0 spiro atoms. The average Bonchev–Trinajstić information content (AvgIpc) is 2.26. The number of rotatable bonds is 10. The van der Waals surface area contributed by atoms with Gasteiger partial charge in [-0.15, -0.1) is 0 Å². The van der Waals surface area contributed by atoms with E-state index in [1.165, 1.54) is 57.8 Å². The first-order chi connectivity index (χ1) is 7.41. The highest BCUT2D eigenvalue weighted by atomic mass is 14.0. The molecule has 15 heavy (non-hydrogen) atoms. The van der Waals surface area contributed by atoms with Gasteiger partial charge in [0.2, 0.25) is 0 Å². The summed E-state index contributed by atoms with van der Waals surface area (Å²) in [7, 11) is 0. The number of allylic oxidation sites excluding steroid dienone is 4.